The molecule has 0 aromatic carbocycles. The molecular weight excluding hydrogens is 268 g/mol. The molecule has 0 rings (SSSR count). The lowest BCUT2D eigenvalue weighted by Crippen LogP contribution is -1.86. The van der Waals surface area contributed by atoms with Crippen LogP contribution in [0.25, 0.3) is 0 Å². The molecule has 0 N–H and O–H groups in total. The molecule has 0 radical (unpaired) electrons. The van der Waals surface area contributed by atoms with Gasteiger partial charge in [0.2, 0.25) is 0 Å². The van der Waals surface area contributed by atoms with E-state index in [0.717, 1.165) is 32.3 Å². The van der Waals surface area contributed by atoms with E-state index in [0.29, 0.717) is 0 Å². The smallest absolute Gasteiger partial charge is 0.0462 e. The number of methoxy groups -OCH3 is 1. The molecule has 22 heavy (non-hydrogen) atoms. The van der Waals surface area contributed by atoms with Crippen molar-refractivity contribution in [1.29, 1.82) is 0 Å². The zero-order valence-electron chi connectivity index (χ0n) is 14.8. The topological polar surface area (TPSA) is 9.23 Å². The zero-order chi connectivity index (χ0) is 16.1. The Hall–Kier alpha value is -1.08. The fourth-order valence-electron chi connectivity index (χ4n) is 2.07. The summed E-state index contributed by atoms with van der Waals surface area (Å²) >= 11 is 0. The van der Waals surface area contributed by atoms with Crippen molar-refractivity contribution < 1.29 is 4.74 Å². The van der Waals surface area contributed by atoms with Crippen LogP contribution in [0.5, 0.6) is 0 Å². The number of ether oxygens (including phenoxy) is 1. The van der Waals surface area contributed by atoms with Gasteiger partial charge in [0.15, 0.2) is 0 Å². The highest BCUT2D eigenvalue weighted by atomic mass is 16.5. The average molecular weight is 305 g/mol. The summed E-state index contributed by atoms with van der Waals surface area (Å²) in [6.07, 6.45) is 30.1. The minimum atomic E-state index is 0.883. The SMILES string of the molecule is CCCCC/C=C\C/C=C\C/C=C\C/C=C\CCCCOC. The minimum absolute atomic E-state index is 0.883. The molecule has 1 nitrogen and oxygen atoms in total. The van der Waals surface area contributed by atoms with Gasteiger partial charge in [0, 0.05) is 13.7 Å². The monoisotopic (exact) mass is 304 g/mol. The summed E-state index contributed by atoms with van der Waals surface area (Å²) in [7, 11) is 1.76. The van der Waals surface area contributed by atoms with Crippen LogP contribution in [0, 0.1) is 0 Å². The van der Waals surface area contributed by atoms with Crippen molar-refractivity contribution >= 4 is 0 Å². The lowest BCUT2D eigenvalue weighted by molar-refractivity contribution is 0.193. The van der Waals surface area contributed by atoms with Gasteiger partial charge >= 0.3 is 0 Å². The second-order valence-electron chi connectivity index (χ2n) is 5.58. The van der Waals surface area contributed by atoms with Crippen molar-refractivity contribution in [3.05, 3.63) is 48.6 Å². The molecule has 0 aliphatic rings. The first-order chi connectivity index (χ1) is 10.9. The molecule has 1 heteroatoms. The Morgan fingerprint density at radius 1 is 0.591 bits per heavy atom. The van der Waals surface area contributed by atoms with Crippen LogP contribution in [0.15, 0.2) is 48.6 Å². The van der Waals surface area contributed by atoms with E-state index in [1.54, 1.807) is 7.11 Å². The maximum absolute atomic E-state index is 5.02. The molecule has 0 bridgehead atoms. The van der Waals surface area contributed by atoms with Crippen molar-refractivity contribution in [3.8, 4) is 0 Å². The van der Waals surface area contributed by atoms with Crippen LogP contribution in [-0.4, -0.2) is 13.7 Å². The van der Waals surface area contributed by atoms with Crippen LogP contribution in [0.4, 0.5) is 0 Å². The molecule has 0 heterocycles. The number of hydrogen-bond acceptors (Lipinski definition) is 1. The fourth-order valence-corrected chi connectivity index (χ4v) is 2.07. The number of hydrogen-bond donors (Lipinski definition) is 0. The van der Waals surface area contributed by atoms with Gasteiger partial charge in [-0.05, 0) is 51.4 Å². The number of allylic oxidation sites excluding steroid dienone is 8. The van der Waals surface area contributed by atoms with Crippen LogP contribution < -0.4 is 0 Å². The first-order valence-corrected chi connectivity index (χ1v) is 9.00. The average Bonchev–Trinajstić information content (AvgIpc) is 2.54. The van der Waals surface area contributed by atoms with Crippen LogP contribution in [-0.2, 0) is 4.74 Å². The molecule has 126 valence electrons. The summed E-state index contributed by atoms with van der Waals surface area (Å²) in [4.78, 5) is 0. The molecule has 0 unspecified atom stereocenters. The first-order valence-electron chi connectivity index (χ1n) is 9.00. The quantitative estimate of drug-likeness (QED) is 0.239. The predicted molar refractivity (Wildman–Crippen MR) is 100 cm³/mol. The third-order valence-electron chi connectivity index (χ3n) is 3.43. The van der Waals surface area contributed by atoms with Crippen LogP contribution in [0.2, 0.25) is 0 Å². The summed E-state index contributed by atoms with van der Waals surface area (Å²) in [5.74, 6) is 0. The van der Waals surface area contributed by atoms with Gasteiger partial charge in [0.05, 0.1) is 0 Å². The third kappa shape index (κ3) is 18.9. The molecule has 0 spiro atoms. The molecule has 0 aromatic heterocycles. The largest absolute Gasteiger partial charge is 0.385 e. The Balaban J connectivity index is 3.35. The van der Waals surface area contributed by atoms with Crippen molar-refractivity contribution in [3.63, 3.8) is 0 Å². The Bertz CT molecular complexity index is 310. The van der Waals surface area contributed by atoms with E-state index >= 15 is 0 Å². The van der Waals surface area contributed by atoms with E-state index in [-0.39, 0.29) is 0 Å². The summed E-state index contributed by atoms with van der Waals surface area (Å²) in [5, 5.41) is 0. The maximum Gasteiger partial charge on any atom is 0.0462 e. The van der Waals surface area contributed by atoms with Gasteiger partial charge in [-0.2, -0.15) is 0 Å². The Morgan fingerprint density at radius 3 is 1.50 bits per heavy atom. The molecule has 0 fully saturated rings. The van der Waals surface area contributed by atoms with E-state index in [9.17, 15) is 0 Å². The zero-order valence-corrected chi connectivity index (χ0v) is 14.8. The molecule has 0 amide bonds. The fraction of sp³-hybridized carbons (Fsp3) is 0.619. The van der Waals surface area contributed by atoms with Crippen LogP contribution >= 0.6 is 0 Å². The molecule has 0 saturated heterocycles. The lowest BCUT2D eigenvalue weighted by atomic mass is 10.2. The molecule has 0 aliphatic heterocycles. The molecule has 0 aromatic rings. The number of unbranched alkanes of at least 4 members (excludes halogenated alkanes) is 5. The highest BCUT2D eigenvalue weighted by Gasteiger charge is 1.83. The van der Waals surface area contributed by atoms with Crippen LogP contribution in [0.3, 0.4) is 0 Å². The number of rotatable bonds is 15. The van der Waals surface area contributed by atoms with Gasteiger partial charge in [-0.25, -0.2) is 0 Å². The van der Waals surface area contributed by atoms with E-state index in [1.165, 1.54) is 38.5 Å². The van der Waals surface area contributed by atoms with Gasteiger partial charge in [0.25, 0.3) is 0 Å². The maximum atomic E-state index is 5.02. The standard InChI is InChI=1S/C21H36O/c1-3-4-5-6-7-8-9-10-11-12-13-14-15-16-17-18-19-20-21-22-2/h7-8,10-11,13-14,16-17H,3-6,9,12,15,18-21H2,1-2H3/b8-7-,11-10-,14-13-,17-16-. The summed E-state index contributed by atoms with van der Waals surface area (Å²) < 4.78 is 5.02. The summed E-state index contributed by atoms with van der Waals surface area (Å²) in [5.41, 5.74) is 0. The Labute approximate surface area is 138 Å². The Morgan fingerprint density at radius 2 is 1.05 bits per heavy atom. The lowest BCUT2D eigenvalue weighted by Gasteiger charge is -1.94. The van der Waals surface area contributed by atoms with Crippen molar-refractivity contribution in [1.82, 2.24) is 0 Å². The second-order valence-corrected chi connectivity index (χ2v) is 5.58. The van der Waals surface area contributed by atoms with Crippen molar-refractivity contribution in [2.24, 2.45) is 0 Å². The minimum Gasteiger partial charge on any atom is -0.385 e. The third-order valence-corrected chi connectivity index (χ3v) is 3.43. The van der Waals surface area contributed by atoms with Crippen molar-refractivity contribution in [2.45, 2.75) is 71.1 Å². The van der Waals surface area contributed by atoms with Gasteiger partial charge in [-0.15, -0.1) is 0 Å². The molecule has 0 aliphatic carbocycles. The summed E-state index contributed by atoms with van der Waals surface area (Å²) in [6.45, 7) is 3.13. The van der Waals surface area contributed by atoms with Gasteiger partial charge in [-0.1, -0.05) is 68.4 Å². The highest BCUT2D eigenvalue weighted by molar-refractivity contribution is 4.99. The molecule has 0 saturated carbocycles. The van der Waals surface area contributed by atoms with Gasteiger partial charge < -0.3 is 4.74 Å². The normalized spacial score (nSPS) is 12.6. The van der Waals surface area contributed by atoms with Gasteiger partial charge in [0.1, 0.15) is 0 Å². The van der Waals surface area contributed by atoms with E-state index in [2.05, 4.69) is 55.5 Å². The highest BCUT2D eigenvalue weighted by Crippen LogP contribution is 2.01. The van der Waals surface area contributed by atoms with Gasteiger partial charge in [-0.3, -0.25) is 0 Å². The summed E-state index contributed by atoms with van der Waals surface area (Å²) in [6, 6.07) is 0. The second kappa shape index (κ2) is 19.9. The molecule has 0 atom stereocenters. The van der Waals surface area contributed by atoms with Crippen LogP contribution in [0.1, 0.15) is 71.1 Å². The van der Waals surface area contributed by atoms with E-state index in [1.807, 2.05) is 0 Å². The Kier molecular flexibility index (Phi) is 18.9. The van der Waals surface area contributed by atoms with E-state index in [4.69, 9.17) is 4.74 Å². The van der Waals surface area contributed by atoms with E-state index < -0.39 is 0 Å². The van der Waals surface area contributed by atoms with Crippen molar-refractivity contribution in [2.75, 3.05) is 13.7 Å². The first kappa shape index (κ1) is 20.9. The predicted octanol–water partition coefficient (Wildman–Crippen LogP) is 6.78. The molecular formula is C21H36O.